The summed E-state index contributed by atoms with van der Waals surface area (Å²) >= 11 is 0. The Kier molecular flexibility index (Phi) is 3.37. The predicted octanol–water partition coefficient (Wildman–Crippen LogP) is 4.85. The molecule has 88 valence electrons. The van der Waals surface area contributed by atoms with E-state index in [2.05, 4.69) is 45.0 Å². The summed E-state index contributed by atoms with van der Waals surface area (Å²) in [5.41, 5.74) is 3.37. The standard InChI is InChI=1S/C16H24/c1-13-9-7-8-12-15(13)16(2,3)14-10-5-4-6-11-14/h7-9,12,14H,4-6,10-11H2,1-3H3. The molecule has 0 heteroatoms. The third-order valence-corrected chi connectivity index (χ3v) is 4.47. The summed E-state index contributed by atoms with van der Waals surface area (Å²) in [5.74, 6) is 0.877. The molecule has 0 aliphatic heterocycles. The normalized spacial score (nSPS) is 18.7. The van der Waals surface area contributed by atoms with Gasteiger partial charge in [-0.2, -0.15) is 0 Å². The van der Waals surface area contributed by atoms with Crippen molar-refractivity contribution in [2.75, 3.05) is 0 Å². The van der Waals surface area contributed by atoms with Crippen molar-refractivity contribution in [2.45, 2.75) is 58.3 Å². The van der Waals surface area contributed by atoms with E-state index in [-0.39, 0.29) is 0 Å². The maximum Gasteiger partial charge on any atom is -0.00727 e. The lowest BCUT2D eigenvalue weighted by atomic mass is 9.66. The van der Waals surface area contributed by atoms with Gasteiger partial charge in [0.1, 0.15) is 0 Å². The van der Waals surface area contributed by atoms with Crippen LogP contribution in [0.15, 0.2) is 24.3 Å². The van der Waals surface area contributed by atoms with Crippen molar-refractivity contribution in [1.82, 2.24) is 0 Å². The van der Waals surface area contributed by atoms with Crippen molar-refractivity contribution in [1.29, 1.82) is 0 Å². The van der Waals surface area contributed by atoms with E-state index in [9.17, 15) is 0 Å². The first-order valence-corrected chi connectivity index (χ1v) is 6.68. The molecule has 1 aliphatic rings. The molecule has 0 radical (unpaired) electrons. The lowest BCUT2D eigenvalue weighted by Gasteiger charge is -2.38. The highest BCUT2D eigenvalue weighted by molar-refractivity contribution is 5.33. The van der Waals surface area contributed by atoms with Crippen LogP contribution in [0.4, 0.5) is 0 Å². The van der Waals surface area contributed by atoms with Crippen molar-refractivity contribution in [3.63, 3.8) is 0 Å². The average Bonchev–Trinajstić information content (AvgIpc) is 2.30. The Hall–Kier alpha value is -0.780. The van der Waals surface area contributed by atoms with Crippen LogP contribution in [0.3, 0.4) is 0 Å². The smallest absolute Gasteiger partial charge is 0.00727 e. The molecule has 0 aromatic heterocycles. The molecule has 1 aromatic carbocycles. The van der Waals surface area contributed by atoms with Crippen LogP contribution >= 0.6 is 0 Å². The number of aryl methyl sites for hydroxylation is 1. The van der Waals surface area contributed by atoms with E-state index in [0.717, 1.165) is 5.92 Å². The Bertz CT molecular complexity index is 343. The summed E-state index contributed by atoms with van der Waals surface area (Å²) in [6.45, 7) is 7.12. The Morgan fingerprint density at radius 3 is 2.25 bits per heavy atom. The van der Waals surface area contributed by atoms with Crippen molar-refractivity contribution < 1.29 is 0 Å². The minimum Gasteiger partial charge on any atom is -0.0620 e. The molecule has 1 saturated carbocycles. The van der Waals surface area contributed by atoms with Crippen LogP contribution < -0.4 is 0 Å². The highest BCUT2D eigenvalue weighted by Gasteiger charge is 2.32. The molecule has 1 aliphatic carbocycles. The molecule has 0 spiro atoms. The molecule has 0 unspecified atom stereocenters. The second kappa shape index (κ2) is 4.61. The maximum absolute atomic E-state index is 2.44. The van der Waals surface area contributed by atoms with Crippen LogP contribution in [0, 0.1) is 12.8 Å². The van der Waals surface area contributed by atoms with Crippen molar-refractivity contribution in [3.05, 3.63) is 35.4 Å². The molecule has 16 heavy (non-hydrogen) atoms. The molecule has 0 nitrogen and oxygen atoms in total. The molecule has 0 amide bonds. The number of benzene rings is 1. The van der Waals surface area contributed by atoms with E-state index < -0.39 is 0 Å². The van der Waals surface area contributed by atoms with Gasteiger partial charge >= 0.3 is 0 Å². The van der Waals surface area contributed by atoms with Crippen molar-refractivity contribution in [3.8, 4) is 0 Å². The van der Waals surface area contributed by atoms with E-state index in [0.29, 0.717) is 5.41 Å². The van der Waals surface area contributed by atoms with Gasteiger partial charge in [-0.1, -0.05) is 57.4 Å². The van der Waals surface area contributed by atoms with E-state index >= 15 is 0 Å². The van der Waals surface area contributed by atoms with Gasteiger partial charge in [-0.25, -0.2) is 0 Å². The van der Waals surface area contributed by atoms with Crippen LogP contribution in [0.25, 0.3) is 0 Å². The lowest BCUT2D eigenvalue weighted by Crippen LogP contribution is -2.31. The van der Waals surface area contributed by atoms with Crippen molar-refractivity contribution >= 4 is 0 Å². The molecule has 1 fully saturated rings. The van der Waals surface area contributed by atoms with E-state index in [1.54, 1.807) is 5.56 Å². The summed E-state index contributed by atoms with van der Waals surface area (Å²) in [6.07, 6.45) is 7.14. The molecular formula is C16H24. The summed E-state index contributed by atoms with van der Waals surface area (Å²) < 4.78 is 0. The minimum atomic E-state index is 0.353. The molecule has 0 N–H and O–H groups in total. The van der Waals surface area contributed by atoms with Gasteiger partial charge in [-0.3, -0.25) is 0 Å². The number of rotatable bonds is 2. The predicted molar refractivity (Wildman–Crippen MR) is 70.8 cm³/mol. The fourth-order valence-electron chi connectivity index (χ4n) is 3.34. The molecule has 0 bridgehead atoms. The SMILES string of the molecule is Cc1ccccc1C(C)(C)C1CCCCC1. The lowest BCUT2D eigenvalue weighted by molar-refractivity contribution is 0.235. The van der Waals surface area contributed by atoms with Crippen LogP contribution in [-0.2, 0) is 5.41 Å². The summed E-state index contributed by atoms with van der Waals surface area (Å²) in [5, 5.41) is 0. The molecular weight excluding hydrogens is 192 g/mol. The van der Waals surface area contributed by atoms with Gasteiger partial charge in [0.2, 0.25) is 0 Å². The van der Waals surface area contributed by atoms with E-state index in [4.69, 9.17) is 0 Å². The Morgan fingerprint density at radius 1 is 1.00 bits per heavy atom. The van der Waals surface area contributed by atoms with Gasteiger partial charge in [0.25, 0.3) is 0 Å². The van der Waals surface area contributed by atoms with Crippen LogP contribution in [0.1, 0.15) is 57.1 Å². The molecule has 0 saturated heterocycles. The Morgan fingerprint density at radius 2 is 1.62 bits per heavy atom. The maximum atomic E-state index is 2.44. The van der Waals surface area contributed by atoms with Crippen LogP contribution in [0.5, 0.6) is 0 Å². The molecule has 0 heterocycles. The van der Waals surface area contributed by atoms with Crippen molar-refractivity contribution in [2.24, 2.45) is 5.92 Å². The van der Waals surface area contributed by atoms with Gasteiger partial charge in [0.15, 0.2) is 0 Å². The Labute approximate surface area is 100 Å². The number of hydrogen-bond acceptors (Lipinski definition) is 0. The summed E-state index contributed by atoms with van der Waals surface area (Å²) in [6, 6.07) is 8.91. The Balaban J connectivity index is 2.26. The summed E-state index contributed by atoms with van der Waals surface area (Å²) in [7, 11) is 0. The molecule has 1 aromatic rings. The molecule has 0 atom stereocenters. The second-order valence-electron chi connectivity index (χ2n) is 5.87. The van der Waals surface area contributed by atoms with Gasteiger partial charge in [0, 0.05) is 0 Å². The first kappa shape index (κ1) is 11.7. The van der Waals surface area contributed by atoms with Gasteiger partial charge < -0.3 is 0 Å². The van der Waals surface area contributed by atoms with E-state index in [1.807, 2.05) is 0 Å². The van der Waals surface area contributed by atoms with Crippen LogP contribution in [-0.4, -0.2) is 0 Å². The first-order chi connectivity index (χ1) is 7.62. The zero-order valence-electron chi connectivity index (χ0n) is 10.9. The van der Waals surface area contributed by atoms with Crippen LogP contribution in [0.2, 0.25) is 0 Å². The zero-order valence-corrected chi connectivity index (χ0v) is 10.9. The van der Waals surface area contributed by atoms with Gasteiger partial charge in [-0.15, -0.1) is 0 Å². The highest BCUT2D eigenvalue weighted by atomic mass is 14.4. The number of hydrogen-bond donors (Lipinski definition) is 0. The molecule has 2 rings (SSSR count). The summed E-state index contributed by atoms with van der Waals surface area (Å²) in [4.78, 5) is 0. The highest BCUT2D eigenvalue weighted by Crippen LogP contribution is 2.41. The minimum absolute atomic E-state index is 0.353. The third kappa shape index (κ3) is 2.16. The monoisotopic (exact) mass is 216 g/mol. The topological polar surface area (TPSA) is 0 Å². The first-order valence-electron chi connectivity index (χ1n) is 6.68. The largest absolute Gasteiger partial charge is 0.0620 e. The quantitative estimate of drug-likeness (QED) is 0.662. The van der Waals surface area contributed by atoms with E-state index in [1.165, 1.54) is 37.7 Å². The van der Waals surface area contributed by atoms with Gasteiger partial charge in [-0.05, 0) is 42.2 Å². The fraction of sp³-hybridized carbons (Fsp3) is 0.625. The fourth-order valence-corrected chi connectivity index (χ4v) is 3.34. The zero-order chi connectivity index (χ0) is 11.6. The second-order valence-corrected chi connectivity index (χ2v) is 5.87. The van der Waals surface area contributed by atoms with Gasteiger partial charge in [0.05, 0.1) is 0 Å². The third-order valence-electron chi connectivity index (χ3n) is 4.47. The average molecular weight is 216 g/mol.